The molecule has 0 bridgehead atoms. The molecule has 4 aromatic rings. The smallest absolute Gasteiger partial charge is 0.416 e. The number of carbonyl (C=O) groups is 2. The summed E-state index contributed by atoms with van der Waals surface area (Å²) in [5, 5.41) is 23.5. The lowest BCUT2D eigenvalue weighted by molar-refractivity contribution is -0.144. The van der Waals surface area contributed by atoms with E-state index < -0.39 is 60.1 Å². The Morgan fingerprint density at radius 2 is 1.82 bits per heavy atom. The number of aromatic nitrogens is 1. The number of nitrogens with zero attached hydrogens (tertiary/aromatic N) is 1. The number of nitrogens with one attached hydrogen (secondary N) is 1. The molecular formula is C36H33ClF4N2O6. The third kappa shape index (κ3) is 7.65. The number of aliphatic hydroxyl groups excluding tert-OH is 1. The summed E-state index contributed by atoms with van der Waals surface area (Å²) in [6.45, 7) is 2.67. The van der Waals surface area contributed by atoms with Crippen molar-refractivity contribution in [2.24, 2.45) is 0 Å². The normalized spacial score (nSPS) is 14.3. The molecule has 5 rings (SSSR count). The van der Waals surface area contributed by atoms with Gasteiger partial charge in [0, 0.05) is 34.0 Å². The molecule has 1 unspecified atom stereocenters. The van der Waals surface area contributed by atoms with Gasteiger partial charge in [-0.3, -0.25) is 19.0 Å². The number of hydrogen-bond acceptors (Lipinski definition) is 6. The number of aliphatic hydroxyl groups is 1. The minimum atomic E-state index is -4.85. The van der Waals surface area contributed by atoms with Crippen molar-refractivity contribution < 1.29 is 42.1 Å². The van der Waals surface area contributed by atoms with E-state index in [1.165, 1.54) is 30.3 Å². The lowest BCUT2D eigenvalue weighted by Crippen LogP contribution is -2.41. The van der Waals surface area contributed by atoms with Crippen LogP contribution in [0.3, 0.4) is 0 Å². The van der Waals surface area contributed by atoms with Crippen LogP contribution in [0.4, 0.5) is 17.6 Å². The molecule has 2 atom stereocenters. The minimum absolute atomic E-state index is 0.0184. The molecule has 1 aromatic heterocycles. The van der Waals surface area contributed by atoms with Gasteiger partial charge < -0.3 is 20.3 Å². The number of alkyl halides is 3. The van der Waals surface area contributed by atoms with Gasteiger partial charge in [-0.2, -0.15) is 13.2 Å². The summed E-state index contributed by atoms with van der Waals surface area (Å²) in [6, 6.07) is 10.00. The maximum atomic E-state index is 16.5. The summed E-state index contributed by atoms with van der Waals surface area (Å²) in [6.07, 6.45) is -3.23. The second-order valence-electron chi connectivity index (χ2n) is 11.8. The predicted octanol–water partition coefficient (Wildman–Crippen LogP) is 7.11. The van der Waals surface area contributed by atoms with Crippen molar-refractivity contribution in [3.05, 3.63) is 121 Å². The summed E-state index contributed by atoms with van der Waals surface area (Å²) >= 11 is 6.49. The number of phenols is 1. The first-order chi connectivity index (χ1) is 23.2. The molecule has 0 radical (unpaired) electrons. The fourth-order valence-corrected chi connectivity index (χ4v) is 6.26. The Balaban J connectivity index is 1.69. The first-order valence-corrected chi connectivity index (χ1v) is 15.9. The van der Waals surface area contributed by atoms with Gasteiger partial charge in [-0.25, -0.2) is 4.39 Å². The number of rotatable bonds is 11. The highest BCUT2D eigenvalue weighted by Crippen LogP contribution is 2.46. The van der Waals surface area contributed by atoms with Crippen LogP contribution < -0.4 is 10.9 Å². The minimum Gasteiger partial charge on any atom is -0.507 e. The van der Waals surface area contributed by atoms with E-state index in [4.69, 9.17) is 16.3 Å². The van der Waals surface area contributed by atoms with E-state index in [0.717, 1.165) is 10.8 Å². The van der Waals surface area contributed by atoms with Crippen molar-refractivity contribution in [1.29, 1.82) is 0 Å². The van der Waals surface area contributed by atoms with Crippen LogP contribution in [0.15, 0.2) is 71.7 Å². The van der Waals surface area contributed by atoms with Crippen LogP contribution in [0.1, 0.15) is 77.6 Å². The van der Waals surface area contributed by atoms with Crippen LogP contribution in [0.25, 0.3) is 11.1 Å². The molecule has 3 N–H and O–H groups in total. The number of phenolic OH excluding ortho intramolecular Hbond substituents is 1. The van der Waals surface area contributed by atoms with Crippen LogP contribution in [0, 0.1) is 12.7 Å². The lowest BCUT2D eigenvalue weighted by atomic mass is 9.90. The number of hydrogen-bond donors (Lipinski definition) is 3. The number of aromatic hydroxyl groups is 1. The van der Waals surface area contributed by atoms with E-state index in [-0.39, 0.29) is 40.0 Å². The van der Waals surface area contributed by atoms with Gasteiger partial charge in [-0.05, 0) is 85.2 Å². The molecule has 0 aliphatic heterocycles. The van der Waals surface area contributed by atoms with Crippen molar-refractivity contribution >= 4 is 23.5 Å². The van der Waals surface area contributed by atoms with Gasteiger partial charge in [0.1, 0.15) is 17.6 Å². The standard InChI is InChI=1S/C36H33ClF4N2O6/c1-3-49-30(47)17-27(25-15-22(14-24(33(25)38)20-10-11-20)31-19(2)6-4-9-28(31)45)42-35(48)34(32-21(18-44)7-5-8-26(32)37)43-13-12-23(16-29(43)46)36(39,40)41/h4-9,12-16,20,27,34,44-45H,3,10-11,17-18H2,1-2H3,(H,42,48)/t27-,34?/m0/s1. The van der Waals surface area contributed by atoms with Crippen LogP contribution >= 0.6 is 11.6 Å². The Morgan fingerprint density at radius 1 is 1.10 bits per heavy atom. The Labute approximate surface area is 283 Å². The van der Waals surface area contributed by atoms with E-state index in [1.54, 1.807) is 32.0 Å². The summed E-state index contributed by atoms with van der Waals surface area (Å²) in [5.41, 5.74) is -0.695. The number of esters is 1. The molecule has 258 valence electrons. The molecule has 1 amide bonds. The van der Waals surface area contributed by atoms with E-state index in [2.05, 4.69) is 5.32 Å². The van der Waals surface area contributed by atoms with Crippen molar-refractivity contribution in [2.45, 2.75) is 63.9 Å². The zero-order chi connectivity index (χ0) is 35.6. The third-order valence-electron chi connectivity index (χ3n) is 8.44. The topological polar surface area (TPSA) is 118 Å². The van der Waals surface area contributed by atoms with Gasteiger partial charge >= 0.3 is 12.1 Å². The number of ether oxygens (including phenoxy) is 1. The molecule has 0 saturated heterocycles. The molecule has 1 aliphatic carbocycles. The number of carbonyl (C=O) groups excluding carboxylic acids is 2. The van der Waals surface area contributed by atoms with Crippen LogP contribution in [-0.4, -0.2) is 33.3 Å². The van der Waals surface area contributed by atoms with Crippen molar-refractivity contribution in [3.8, 4) is 16.9 Å². The van der Waals surface area contributed by atoms with E-state index in [0.29, 0.717) is 47.2 Å². The zero-order valence-electron chi connectivity index (χ0n) is 26.5. The van der Waals surface area contributed by atoms with Gasteiger partial charge in [-0.1, -0.05) is 35.9 Å². The molecule has 3 aromatic carbocycles. The summed E-state index contributed by atoms with van der Waals surface area (Å²) in [5.74, 6) is -2.72. The Bertz CT molecular complexity index is 1940. The number of halogens is 5. The third-order valence-corrected chi connectivity index (χ3v) is 8.77. The Morgan fingerprint density at radius 3 is 2.43 bits per heavy atom. The molecule has 49 heavy (non-hydrogen) atoms. The Kier molecular flexibility index (Phi) is 10.5. The van der Waals surface area contributed by atoms with Crippen LogP contribution in [0.5, 0.6) is 5.75 Å². The van der Waals surface area contributed by atoms with Crippen LogP contribution in [-0.2, 0) is 27.1 Å². The molecule has 1 heterocycles. The van der Waals surface area contributed by atoms with Crippen LogP contribution in [0.2, 0.25) is 5.02 Å². The fourth-order valence-electron chi connectivity index (χ4n) is 5.96. The van der Waals surface area contributed by atoms with Gasteiger partial charge in [-0.15, -0.1) is 0 Å². The molecule has 8 nitrogen and oxygen atoms in total. The SMILES string of the molecule is CCOC(=O)C[C@H](NC(=O)C(c1c(Cl)cccc1CO)n1ccc(C(F)(F)F)cc1=O)c1cc(-c2c(C)cccc2O)cc(C2CC2)c1F. The maximum absolute atomic E-state index is 16.5. The first kappa shape index (κ1) is 35.6. The van der Waals surface area contributed by atoms with Gasteiger partial charge in [0.2, 0.25) is 5.91 Å². The van der Waals surface area contributed by atoms with Crippen molar-refractivity contribution in [1.82, 2.24) is 9.88 Å². The summed E-state index contributed by atoms with van der Waals surface area (Å²) < 4.78 is 62.7. The lowest BCUT2D eigenvalue weighted by Gasteiger charge is -2.27. The highest BCUT2D eigenvalue weighted by atomic mass is 35.5. The fraction of sp³-hybridized carbons (Fsp3) is 0.306. The highest BCUT2D eigenvalue weighted by molar-refractivity contribution is 6.31. The highest BCUT2D eigenvalue weighted by Gasteiger charge is 2.36. The summed E-state index contributed by atoms with van der Waals surface area (Å²) in [7, 11) is 0. The first-order valence-electron chi connectivity index (χ1n) is 15.5. The van der Waals surface area contributed by atoms with Gasteiger partial charge in [0.25, 0.3) is 5.56 Å². The van der Waals surface area contributed by atoms with E-state index in [9.17, 15) is 37.8 Å². The predicted molar refractivity (Wildman–Crippen MR) is 174 cm³/mol. The Hall–Kier alpha value is -4.68. The maximum Gasteiger partial charge on any atom is 0.416 e. The second-order valence-corrected chi connectivity index (χ2v) is 12.2. The number of amides is 1. The van der Waals surface area contributed by atoms with Crippen molar-refractivity contribution in [2.75, 3.05) is 6.61 Å². The van der Waals surface area contributed by atoms with E-state index in [1.807, 2.05) is 0 Å². The monoisotopic (exact) mass is 700 g/mol. The average molecular weight is 701 g/mol. The number of pyridine rings is 1. The molecule has 0 spiro atoms. The molecule has 13 heteroatoms. The molecular weight excluding hydrogens is 668 g/mol. The summed E-state index contributed by atoms with van der Waals surface area (Å²) in [4.78, 5) is 40.5. The van der Waals surface area contributed by atoms with Gasteiger partial charge in [0.15, 0.2) is 0 Å². The molecule has 1 aliphatic rings. The quantitative estimate of drug-likeness (QED) is 0.113. The molecule has 1 saturated carbocycles. The largest absolute Gasteiger partial charge is 0.507 e. The molecule has 1 fully saturated rings. The average Bonchev–Trinajstić information content (AvgIpc) is 3.88. The second kappa shape index (κ2) is 14.4. The van der Waals surface area contributed by atoms with Gasteiger partial charge in [0.05, 0.1) is 31.2 Å². The zero-order valence-corrected chi connectivity index (χ0v) is 27.2. The number of benzene rings is 3. The van der Waals surface area contributed by atoms with Crippen molar-refractivity contribution in [3.63, 3.8) is 0 Å². The number of aryl methyl sites for hydroxylation is 1. The van der Waals surface area contributed by atoms with E-state index >= 15 is 4.39 Å².